The van der Waals surface area contributed by atoms with Crippen LogP contribution in [0.2, 0.25) is 5.02 Å². The first kappa shape index (κ1) is 20.1. The Kier molecular flexibility index (Phi) is 6.79. The molecule has 1 aromatic rings. The van der Waals surface area contributed by atoms with Crippen LogP contribution in [0.1, 0.15) is 13.8 Å². The maximum atomic E-state index is 13.2. The molecular formula is C16H23ClFN3O3S. The highest BCUT2D eigenvalue weighted by molar-refractivity contribution is 7.89. The fraction of sp³-hybridized carbons (Fsp3) is 0.562. The molecule has 1 N–H and O–H groups in total. The second-order valence-electron chi connectivity index (χ2n) is 6.45. The molecule has 2 rings (SSSR count). The average Bonchev–Trinajstić information content (AvgIpc) is 2.56. The maximum absolute atomic E-state index is 13.2. The largest absolute Gasteiger partial charge is 0.355 e. The molecule has 1 aromatic carbocycles. The molecular weight excluding hydrogens is 369 g/mol. The maximum Gasteiger partial charge on any atom is 0.243 e. The van der Waals surface area contributed by atoms with Gasteiger partial charge in [-0.2, -0.15) is 4.31 Å². The Morgan fingerprint density at radius 3 is 2.48 bits per heavy atom. The lowest BCUT2D eigenvalue weighted by molar-refractivity contribution is -0.122. The lowest BCUT2D eigenvalue weighted by Gasteiger charge is -2.33. The standard InChI is InChI=1S/C16H23ClFN3O3S/c1-12(2)10-19-16(22)11-20-5-7-21(8-6-20)25(23,24)13-3-4-15(18)14(17)9-13/h3-4,9,12H,5-8,10-11H2,1-2H3,(H,19,22). The molecule has 0 atom stereocenters. The van der Waals surface area contributed by atoms with Crippen molar-refractivity contribution in [2.24, 2.45) is 5.92 Å². The van der Waals surface area contributed by atoms with Gasteiger partial charge in [0.15, 0.2) is 0 Å². The van der Waals surface area contributed by atoms with E-state index in [0.717, 1.165) is 12.1 Å². The molecule has 1 aliphatic heterocycles. The second kappa shape index (κ2) is 8.44. The van der Waals surface area contributed by atoms with Crippen LogP contribution in [0.25, 0.3) is 0 Å². The van der Waals surface area contributed by atoms with Crippen LogP contribution in [0, 0.1) is 11.7 Å². The van der Waals surface area contributed by atoms with Gasteiger partial charge >= 0.3 is 0 Å². The summed E-state index contributed by atoms with van der Waals surface area (Å²) < 4.78 is 39.8. The summed E-state index contributed by atoms with van der Waals surface area (Å²) in [5, 5.41) is 2.62. The van der Waals surface area contributed by atoms with Crippen molar-refractivity contribution in [2.45, 2.75) is 18.7 Å². The molecule has 25 heavy (non-hydrogen) atoms. The minimum absolute atomic E-state index is 0.0259. The summed E-state index contributed by atoms with van der Waals surface area (Å²) in [4.78, 5) is 13.7. The van der Waals surface area contributed by atoms with Crippen LogP contribution in [0.5, 0.6) is 0 Å². The monoisotopic (exact) mass is 391 g/mol. The van der Waals surface area contributed by atoms with E-state index in [9.17, 15) is 17.6 Å². The summed E-state index contributed by atoms with van der Waals surface area (Å²) >= 11 is 5.68. The van der Waals surface area contributed by atoms with Crippen molar-refractivity contribution >= 4 is 27.5 Å². The van der Waals surface area contributed by atoms with Gasteiger partial charge < -0.3 is 5.32 Å². The van der Waals surface area contributed by atoms with Crippen molar-refractivity contribution in [2.75, 3.05) is 39.3 Å². The second-order valence-corrected chi connectivity index (χ2v) is 8.80. The van der Waals surface area contributed by atoms with Crippen molar-refractivity contribution < 1.29 is 17.6 Å². The van der Waals surface area contributed by atoms with Gasteiger partial charge in [-0.25, -0.2) is 12.8 Å². The first-order chi connectivity index (χ1) is 11.7. The Bertz CT molecular complexity index is 719. The molecule has 0 saturated carbocycles. The third kappa shape index (κ3) is 5.37. The van der Waals surface area contributed by atoms with Crippen molar-refractivity contribution in [1.29, 1.82) is 0 Å². The number of hydrogen-bond acceptors (Lipinski definition) is 4. The molecule has 1 aliphatic rings. The van der Waals surface area contributed by atoms with Gasteiger partial charge in [0.1, 0.15) is 5.82 Å². The first-order valence-corrected chi connectivity index (χ1v) is 9.96. The van der Waals surface area contributed by atoms with Crippen LogP contribution in [-0.4, -0.2) is 62.8 Å². The number of nitrogens with zero attached hydrogens (tertiary/aromatic N) is 2. The molecule has 6 nitrogen and oxygen atoms in total. The number of carbonyl (C=O) groups is 1. The first-order valence-electron chi connectivity index (χ1n) is 8.14. The van der Waals surface area contributed by atoms with E-state index in [1.807, 2.05) is 18.7 Å². The molecule has 0 spiro atoms. The number of nitrogens with one attached hydrogen (secondary N) is 1. The minimum Gasteiger partial charge on any atom is -0.355 e. The molecule has 0 bridgehead atoms. The van der Waals surface area contributed by atoms with Crippen molar-refractivity contribution in [3.8, 4) is 0 Å². The van der Waals surface area contributed by atoms with E-state index >= 15 is 0 Å². The number of hydrogen-bond donors (Lipinski definition) is 1. The summed E-state index contributed by atoms with van der Waals surface area (Å²) in [6, 6.07) is 3.38. The number of halogens is 2. The molecule has 0 unspecified atom stereocenters. The zero-order valence-corrected chi connectivity index (χ0v) is 15.9. The fourth-order valence-electron chi connectivity index (χ4n) is 2.49. The Labute approximate surface area is 153 Å². The average molecular weight is 392 g/mol. The topological polar surface area (TPSA) is 69.7 Å². The lowest BCUT2D eigenvalue weighted by Crippen LogP contribution is -2.51. The zero-order valence-electron chi connectivity index (χ0n) is 14.3. The molecule has 1 heterocycles. The van der Waals surface area contributed by atoms with Crippen molar-refractivity contribution in [3.05, 3.63) is 29.0 Å². The van der Waals surface area contributed by atoms with Gasteiger partial charge in [0, 0.05) is 32.7 Å². The summed E-state index contributed by atoms with van der Waals surface area (Å²) in [5.74, 6) is -0.332. The fourth-order valence-corrected chi connectivity index (χ4v) is 4.19. The van der Waals surface area contributed by atoms with Crippen LogP contribution in [0.15, 0.2) is 23.1 Å². The normalized spacial score (nSPS) is 17.0. The van der Waals surface area contributed by atoms with Gasteiger partial charge in [-0.1, -0.05) is 25.4 Å². The Hall–Kier alpha value is -1.22. The van der Waals surface area contributed by atoms with E-state index in [1.54, 1.807) is 0 Å². The summed E-state index contributed by atoms with van der Waals surface area (Å²) in [6.07, 6.45) is 0. The summed E-state index contributed by atoms with van der Waals surface area (Å²) in [6.45, 7) is 6.38. The van der Waals surface area contributed by atoms with Crippen molar-refractivity contribution in [3.63, 3.8) is 0 Å². The summed E-state index contributed by atoms with van der Waals surface area (Å²) in [7, 11) is -3.72. The zero-order chi connectivity index (χ0) is 18.6. The molecule has 0 radical (unpaired) electrons. The molecule has 0 aliphatic carbocycles. The van der Waals surface area contributed by atoms with E-state index in [0.29, 0.717) is 25.6 Å². The van der Waals surface area contributed by atoms with Gasteiger partial charge in [0.2, 0.25) is 15.9 Å². The number of rotatable bonds is 6. The lowest BCUT2D eigenvalue weighted by atomic mass is 10.2. The van der Waals surface area contributed by atoms with Crippen LogP contribution < -0.4 is 5.32 Å². The smallest absolute Gasteiger partial charge is 0.243 e. The number of amides is 1. The van der Waals surface area contributed by atoms with Gasteiger partial charge in [0.25, 0.3) is 0 Å². The predicted octanol–water partition coefficient (Wildman–Crippen LogP) is 1.56. The van der Waals surface area contributed by atoms with Crippen LogP contribution >= 0.6 is 11.6 Å². The highest BCUT2D eigenvalue weighted by Gasteiger charge is 2.29. The van der Waals surface area contributed by atoms with Gasteiger partial charge in [-0.05, 0) is 24.1 Å². The van der Waals surface area contributed by atoms with Crippen LogP contribution in [0.3, 0.4) is 0 Å². The quantitative estimate of drug-likeness (QED) is 0.799. The predicted molar refractivity (Wildman–Crippen MR) is 94.5 cm³/mol. The van der Waals surface area contributed by atoms with Crippen LogP contribution in [0.4, 0.5) is 4.39 Å². The van der Waals surface area contributed by atoms with E-state index in [-0.39, 0.29) is 35.5 Å². The minimum atomic E-state index is -3.72. The number of sulfonamides is 1. The molecule has 1 amide bonds. The molecule has 9 heteroatoms. The van der Waals surface area contributed by atoms with E-state index < -0.39 is 15.8 Å². The summed E-state index contributed by atoms with van der Waals surface area (Å²) in [5.41, 5.74) is 0. The Morgan fingerprint density at radius 2 is 1.92 bits per heavy atom. The highest BCUT2D eigenvalue weighted by atomic mass is 35.5. The van der Waals surface area contributed by atoms with Crippen LogP contribution in [-0.2, 0) is 14.8 Å². The van der Waals surface area contributed by atoms with Gasteiger partial charge in [-0.15, -0.1) is 0 Å². The molecule has 1 fully saturated rings. The number of piperazine rings is 1. The van der Waals surface area contributed by atoms with E-state index in [1.165, 1.54) is 10.4 Å². The SMILES string of the molecule is CC(C)CNC(=O)CN1CCN(S(=O)(=O)c2ccc(F)c(Cl)c2)CC1. The van der Waals surface area contributed by atoms with Gasteiger partial charge in [-0.3, -0.25) is 9.69 Å². The Balaban J connectivity index is 1.92. The van der Waals surface area contributed by atoms with Crippen molar-refractivity contribution in [1.82, 2.24) is 14.5 Å². The van der Waals surface area contributed by atoms with E-state index in [4.69, 9.17) is 11.6 Å². The number of carbonyl (C=O) groups excluding carboxylic acids is 1. The number of benzene rings is 1. The molecule has 140 valence electrons. The highest BCUT2D eigenvalue weighted by Crippen LogP contribution is 2.23. The molecule has 1 saturated heterocycles. The van der Waals surface area contributed by atoms with Gasteiger partial charge in [0.05, 0.1) is 16.5 Å². The van der Waals surface area contributed by atoms with E-state index in [2.05, 4.69) is 5.32 Å². The Morgan fingerprint density at radius 1 is 1.28 bits per heavy atom. The third-order valence-corrected chi connectivity index (χ3v) is 6.12. The molecule has 0 aromatic heterocycles. The third-order valence-electron chi connectivity index (χ3n) is 3.93.